The molecule has 100 valence electrons. The number of fused-ring (bicyclic) bond motifs is 1. The van der Waals surface area contributed by atoms with Gasteiger partial charge in [0, 0.05) is 12.5 Å². The lowest BCUT2D eigenvalue weighted by molar-refractivity contribution is -0.121. The van der Waals surface area contributed by atoms with Crippen molar-refractivity contribution in [2.45, 2.75) is 31.7 Å². The number of nitrogens with one attached hydrogen (secondary N) is 2. The maximum atomic E-state index is 11.6. The molecule has 0 unspecified atom stereocenters. The van der Waals surface area contributed by atoms with Crippen molar-refractivity contribution in [1.82, 2.24) is 5.32 Å². The highest BCUT2D eigenvalue weighted by molar-refractivity contribution is 5.95. The Kier molecular flexibility index (Phi) is 3.11. The van der Waals surface area contributed by atoms with Crippen LogP contribution in [0.1, 0.15) is 24.8 Å². The van der Waals surface area contributed by atoms with Crippen LogP contribution in [0.25, 0.3) is 0 Å². The first-order chi connectivity index (χ1) is 9.20. The highest BCUT2D eigenvalue weighted by Gasteiger charge is 2.23. The van der Waals surface area contributed by atoms with Crippen molar-refractivity contribution in [3.8, 4) is 5.75 Å². The number of hydrogen-bond donors (Lipinski definition) is 2. The summed E-state index contributed by atoms with van der Waals surface area (Å²) in [5.41, 5.74) is 1.71. The molecule has 2 N–H and O–H groups in total. The number of rotatable bonds is 4. The molecule has 1 fully saturated rings. The Morgan fingerprint density at radius 2 is 2.26 bits per heavy atom. The van der Waals surface area contributed by atoms with Gasteiger partial charge in [-0.3, -0.25) is 9.59 Å². The first-order valence-electron chi connectivity index (χ1n) is 6.55. The predicted octanol–water partition coefficient (Wildman–Crippen LogP) is 1.23. The highest BCUT2D eigenvalue weighted by atomic mass is 16.5. The standard InChI is InChI=1S/C14H16N2O3/c17-13(15-10-3-4-10)6-2-9-1-5-12-11(7-9)16-14(18)8-19-12/h1,5,7,10H,2-4,6,8H2,(H,15,17)(H,16,18). The topological polar surface area (TPSA) is 67.4 Å². The minimum absolute atomic E-state index is 0.0656. The molecule has 1 saturated carbocycles. The van der Waals surface area contributed by atoms with Gasteiger partial charge in [-0.2, -0.15) is 0 Å². The first kappa shape index (κ1) is 12.0. The number of hydrogen-bond acceptors (Lipinski definition) is 3. The average Bonchev–Trinajstić information content (AvgIpc) is 3.19. The molecule has 0 aromatic heterocycles. The second kappa shape index (κ2) is 4.91. The Bertz CT molecular complexity index is 523. The minimum atomic E-state index is -0.142. The number of aryl methyl sites for hydroxylation is 1. The molecular weight excluding hydrogens is 244 g/mol. The third kappa shape index (κ3) is 3.05. The van der Waals surface area contributed by atoms with Crippen LogP contribution in [-0.2, 0) is 16.0 Å². The fourth-order valence-electron chi connectivity index (χ4n) is 2.07. The maximum absolute atomic E-state index is 11.6. The van der Waals surface area contributed by atoms with E-state index in [1.165, 1.54) is 0 Å². The third-order valence-corrected chi connectivity index (χ3v) is 3.26. The van der Waals surface area contributed by atoms with Crippen LogP contribution in [0.2, 0.25) is 0 Å². The van der Waals surface area contributed by atoms with E-state index in [1.807, 2.05) is 18.2 Å². The van der Waals surface area contributed by atoms with Crippen LogP contribution >= 0.6 is 0 Å². The summed E-state index contributed by atoms with van der Waals surface area (Å²) >= 11 is 0. The Morgan fingerprint density at radius 1 is 1.42 bits per heavy atom. The number of benzene rings is 1. The summed E-state index contributed by atoms with van der Waals surface area (Å²) in [7, 11) is 0. The summed E-state index contributed by atoms with van der Waals surface area (Å²) < 4.78 is 5.29. The Balaban J connectivity index is 1.60. The molecule has 3 rings (SSSR count). The summed E-state index contributed by atoms with van der Waals surface area (Å²) in [6.45, 7) is 0.0656. The molecule has 5 heteroatoms. The second-order valence-corrected chi connectivity index (χ2v) is 5.01. The highest BCUT2D eigenvalue weighted by Crippen LogP contribution is 2.28. The zero-order chi connectivity index (χ0) is 13.2. The summed E-state index contributed by atoms with van der Waals surface area (Å²) in [5, 5.41) is 5.73. The Morgan fingerprint density at radius 3 is 3.05 bits per heavy atom. The van der Waals surface area contributed by atoms with E-state index in [-0.39, 0.29) is 18.4 Å². The third-order valence-electron chi connectivity index (χ3n) is 3.26. The van der Waals surface area contributed by atoms with E-state index in [4.69, 9.17) is 4.74 Å². The fraction of sp³-hybridized carbons (Fsp3) is 0.429. The minimum Gasteiger partial charge on any atom is -0.482 e. The van der Waals surface area contributed by atoms with Gasteiger partial charge in [0.05, 0.1) is 5.69 Å². The SMILES string of the molecule is O=C1COc2ccc(CCC(=O)NC3CC3)cc2N1. The van der Waals surface area contributed by atoms with E-state index in [1.54, 1.807) is 0 Å². The summed E-state index contributed by atoms with van der Waals surface area (Å²) in [5.74, 6) is 0.641. The summed E-state index contributed by atoms with van der Waals surface area (Å²) in [4.78, 5) is 22.8. The molecule has 1 aromatic rings. The van der Waals surface area contributed by atoms with Crippen LogP contribution in [0.15, 0.2) is 18.2 Å². The van der Waals surface area contributed by atoms with Gasteiger partial charge in [-0.1, -0.05) is 6.07 Å². The molecule has 0 atom stereocenters. The molecule has 0 bridgehead atoms. The van der Waals surface area contributed by atoms with Gasteiger partial charge < -0.3 is 15.4 Å². The monoisotopic (exact) mass is 260 g/mol. The molecule has 0 radical (unpaired) electrons. The van der Waals surface area contributed by atoms with E-state index in [2.05, 4.69) is 10.6 Å². The van der Waals surface area contributed by atoms with Crippen LogP contribution in [0.5, 0.6) is 5.75 Å². The van der Waals surface area contributed by atoms with Gasteiger partial charge in [0.15, 0.2) is 6.61 Å². The van der Waals surface area contributed by atoms with E-state index in [0.717, 1.165) is 18.4 Å². The van der Waals surface area contributed by atoms with Crippen LogP contribution in [-0.4, -0.2) is 24.5 Å². The Labute approximate surface area is 111 Å². The van der Waals surface area contributed by atoms with E-state index in [0.29, 0.717) is 30.3 Å². The van der Waals surface area contributed by atoms with Gasteiger partial charge in [-0.05, 0) is 37.0 Å². The number of ether oxygens (including phenoxy) is 1. The number of anilines is 1. The fourth-order valence-corrected chi connectivity index (χ4v) is 2.07. The lowest BCUT2D eigenvalue weighted by atomic mass is 10.1. The smallest absolute Gasteiger partial charge is 0.262 e. The van der Waals surface area contributed by atoms with Gasteiger partial charge in [0.25, 0.3) is 5.91 Å². The molecular formula is C14H16N2O3. The second-order valence-electron chi connectivity index (χ2n) is 5.01. The summed E-state index contributed by atoms with van der Waals surface area (Å²) in [6.07, 6.45) is 3.35. The zero-order valence-corrected chi connectivity index (χ0v) is 10.6. The first-order valence-corrected chi connectivity index (χ1v) is 6.55. The molecule has 2 aliphatic rings. The average molecular weight is 260 g/mol. The molecule has 2 amide bonds. The quantitative estimate of drug-likeness (QED) is 0.855. The van der Waals surface area contributed by atoms with Gasteiger partial charge in [0.1, 0.15) is 5.75 Å². The van der Waals surface area contributed by atoms with Crippen molar-refractivity contribution in [3.05, 3.63) is 23.8 Å². The van der Waals surface area contributed by atoms with Crippen molar-refractivity contribution in [2.75, 3.05) is 11.9 Å². The Hall–Kier alpha value is -2.04. The molecule has 1 aliphatic heterocycles. The molecule has 1 aliphatic carbocycles. The number of amides is 2. The molecule has 0 spiro atoms. The normalized spacial score (nSPS) is 17.2. The lowest BCUT2D eigenvalue weighted by Crippen LogP contribution is -2.26. The molecule has 1 aromatic carbocycles. The van der Waals surface area contributed by atoms with Crippen molar-refractivity contribution < 1.29 is 14.3 Å². The van der Waals surface area contributed by atoms with Crippen molar-refractivity contribution in [3.63, 3.8) is 0 Å². The van der Waals surface area contributed by atoms with Gasteiger partial charge >= 0.3 is 0 Å². The van der Waals surface area contributed by atoms with Crippen LogP contribution in [0.4, 0.5) is 5.69 Å². The van der Waals surface area contributed by atoms with Gasteiger partial charge in [-0.25, -0.2) is 0 Å². The maximum Gasteiger partial charge on any atom is 0.262 e. The number of carbonyl (C=O) groups is 2. The number of carbonyl (C=O) groups excluding carboxylic acids is 2. The molecule has 1 heterocycles. The van der Waals surface area contributed by atoms with Crippen molar-refractivity contribution >= 4 is 17.5 Å². The lowest BCUT2D eigenvalue weighted by Gasteiger charge is -2.18. The van der Waals surface area contributed by atoms with E-state index in [9.17, 15) is 9.59 Å². The van der Waals surface area contributed by atoms with E-state index >= 15 is 0 Å². The zero-order valence-electron chi connectivity index (χ0n) is 10.6. The van der Waals surface area contributed by atoms with Crippen LogP contribution in [0, 0.1) is 0 Å². The van der Waals surface area contributed by atoms with Crippen LogP contribution < -0.4 is 15.4 Å². The van der Waals surface area contributed by atoms with E-state index < -0.39 is 0 Å². The molecule has 0 saturated heterocycles. The van der Waals surface area contributed by atoms with Gasteiger partial charge in [0.2, 0.25) is 5.91 Å². The molecule has 19 heavy (non-hydrogen) atoms. The van der Waals surface area contributed by atoms with Crippen molar-refractivity contribution in [2.24, 2.45) is 0 Å². The largest absolute Gasteiger partial charge is 0.482 e. The van der Waals surface area contributed by atoms with Gasteiger partial charge in [-0.15, -0.1) is 0 Å². The summed E-state index contributed by atoms with van der Waals surface area (Å²) in [6, 6.07) is 6.05. The van der Waals surface area contributed by atoms with Crippen molar-refractivity contribution in [1.29, 1.82) is 0 Å². The van der Waals surface area contributed by atoms with Crippen LogP contribution in [0.3, 0.4) is 0 Å². The molecule has 5 nitrogen and oxygen atoms in total. The predicted molar refractivity (Wildman–Crippen MR) is 70.1 cm³/mol.